The molecule has 0 saturated heterocycles. The highest BCUT2D eigenvalue weighted by Gasteiger charge is 2.31. The second-order valence-corrected chi connectivity index (χ2v) is 5.85. The Morgan fingerprint density at radius 3 is 2.68 bits per heavy atom. The van der Waals surface area contributed by atoms with Crippen molar-refractivity contribution in [3.63, 3.8) is 0 Å². The SMILES string of the molecule is CCC1(CNc2ccc(Cl)cc2C(=O)O)CCCC1. The Morgan fingerprint density at radius 1 is 1.42 bits per heavy atom. The summed E-state index contributed by atoms with van der Waals surface area (Å²) in [6, 6.07) is 4.98. The van der Waals surface area contributed by atoms with Crippen LogP contribution in [0.15, 0.2) is 18.2 Å². The first kappa shape index (κ1) is 14.2. The fourth-order valence-electron chi connectivity index (χ4n) is 2.91. The van der Waals surface area contributed by atoms with Crippen LogP contribution < -0.4 is 5.32 Å². The van der Waals surface area contributed by atoms with Crippen molar-refractivity contribution in [1.29, 1.82) is 0 Å². The lowest BCUT2D eigenvalue weighted by molar-refractivity contribution is 0.0698. The van der Waals surface area contributed by atoms with E-state index in [1.54, 1.807) is 12.1 Å². The van der Waals surface area contributed by atoms with Gasteiger partial charge in [0.15, 0.2) is 0 Å². The van der Waals surface area contributed by atoms with Crippen LogP contribution in [0, 0.1) is 5.41 Å². The summed E-state index contributed by atoms with van der Waals surface area (Å²) in [5.74, 6) is -0.943. The van der Waals surface area contributed by atoms with E-state index in [0.717, 1.165) is 13.0 Å². The van der Waals surface area contributed by atoms with Crippen LogP contribution in [0.1, 0.15) is 49.4 Å². The van der Waals surface area contributed by atoms with Gasteiger partial charge in [0.05, 0.1) is 5.56 Å². The molecular formula is C15H20ClNO2. The highest BCUT2D eigenvalue weighted by Crippen LogP contribution is 2.41. The second kappa shape index (κ2) is 5.83. The molecule has 1 aliphatic carbocycles. The van der Waals surface area contributed by atoms with E-state index in [0.29, 0.717) is 16.1 Å². The van der Waals surface area contributed by atoms with Crippen molar-refractivity contribution in [2.75, 3.05) is 11.9 Å². The van der Waals surface area contributed by atoms with Gasteiger partial charge in [-0.25, -0.2) is 4.79 Å². The van der Waals surface area contributed by atoms with Crippen LogP contribution in [0.25, 0.3) is 0 Å². The van der Waals surface area contributed by atoms with Crippen LogP contribution in [0.2, 0.25) is 5.02 Å². The van der Waals surface area contributed by atoms with Crippen LogP contribution in [0.3, 0.4) is 0 Å². The summed E-state index contributed by atoms with van der Waals surface area (Å²) in [7, 11) is 0. The Hall–Kier alpha value is -1.22. The first-order valence-electron chi connectivity index (χ1n) is 6.83. The number of anilines is 1. The minimum absolute atomic E-state index is 0.247. The van der Waals surface area contributed by atoms with Crippen molar-refractivity contribution in [1.82, 2.24) is 0 Å². The topological polar surface area (TPSA) is 49.3 Å². The van der Waals surface area contributed by atoms with Gasteiger partial charge in [-0.05, 0) is 42.9 Å². The van der Waals surface area contributed by atoms with Crippen LogP contribution in [-0.4, -0.2) is 17.6 Å². The summed E-state index contributed by atoms with van der Waals surface area (Å²) in [6.45, 7) is 3.05. The molecular weight excluding hydrogens is 262 g/mol. The lowest BCUT2D eigenvalue weighted by Gasteiger charge is -2.28. The van der Waals surface area contributed by atoms with Gasteiger partial charge in [-0.2, -0.15) is 0 Å². The van der Waals surface area contributed by atoms with Crippen molar-refractivity contribution in [3.8, 4) is 0 Å². The van der Waals surface area contributed by atoms with E-state index in [9.17, 15) is 9.90 Å². The third-order valence-corrected chi connectivity index (χ3v) is 4.52. The maximum atomic E-state index is 11.2. The quantitative estimate of drug-likeness (QED) is 0.840. The standard InChI is InChI=1S/C15H20ClNO2/c1-2-15(7-3-4-8-15)10-17-13-6-5-11(16)9-12(13)14(18)19/h5-6,9,17H,2-4,7-8,10H2,1H3,(H,18,19). The largest absolute Gasteiger partial charge is 0.478 e. The number of benzene rings is 1. The smallest absolute Gasteiger partial charge is 0.337 e. The van der Waals surface area contributed by atoms with Crippen molar-refractivity contribution < 1.29 is 9.90 Å². The zero-order chi connectivity index (χ0) is 13.9. The van der Waals surface area contributed by atoms with Gasteiger partial charge in [-0.3, -0.25) is 0 Å². The molecule has 104 valence electrons. The number of hydrogen-bond donors (Lipinski definition) is 2. The normalized spacial score (nSPS) is 17.4. The number of carboxylic acid groups (broad SMARTS) is 1. The lowest BCUT2D eigenvalue weighted by atomic mass is 9.83. The predicted octanol–water partition coefficient (Wildman–Crippen LogP) is 4.42. The molecule has 0 amide bonds. The van der Waals surface area contributed by atoms with Crippen LogP contribution in [-0.2, 0) is 0 Å². The molecule has 0 unspecified atom stereocenters. The van der Waals surface area contributed by atoms with Gasteiger partial charge in [-0.15, -0.1) is 0 Å². The molecule has 1 aliphatic rings. The molecule has 0 aliphatic heterocycles. The zero-order valence-electron chi connectivity index (χ0n) is 11.2. The molecule has 0 aromatic heterocycles. The van der Waals surface area contributed by atoms with Crippen molar-refractivity contribution in [2.24, 2.45) is 5.41 Å². The molecule has 2 rings (SSSR count). The summed E-state index contributed by atoms with van der Waals surface area (Å²) < 4.78 is 0. The summed E-state index contributed by atoms with van der Waals surface area (Å²) in [4.78, 5) is 11.2. The Labute approximate surface area is 119 Å². The Kier molecular flexibility index (Phi) is 4.35. The van der Waals surface area contributed by atoms with Gasteiger partial charge in [-0.1, -0.05) is 31.4 Å². The number of hydrogen-bond acceptors (Lipinski definition) is 2. The number of carboxylic acids is 1. The molecule has 4 heteroatoms. The molecule has 0 bridgehead atoms. The maximum Gasteiger partial charge on any atom is 0.337 e. The first-order chi connectivity index (χ1) is 9.06. The third-order valence-electron chi connectivity index (χ3n) is 4.28. The molecule has 1 saturated carbocycles. The van der Waals surface area contributed by atoms with Gasteiger partial charge in [0, 0.05) is 17.3 Å². The van der Waals surface area contributed by atoms with Crippen molar-refractivity contribution >= 4 is 23.3 Å². The van der Waals surface area contributed by atoms with Gasteiger partial charge >= 0.3 is 5.97 Å². The zero-order valence-corrected chi connectivity index (χ0v) is 12.0. The summed E-state index contributed by atoms with van der Waals surface area (Å²) >= 11 is 5.85. The Morgan fingerprint density at radius 2 is 2.11 bits per heavy atom. The van der Waals surface area contributed by atoms with Crippen LogP contribution >= 0.6 is 11.6 Å². The fraction of sp³-hybridized carbons (Fsp3) is 0.533. The summed E-state index contributed by atoms with van der Waals surface area (Å²) in [6.07, 6.45) is 6.15. The third kappa shape index (κ3) is 3.21. The average molecular weight is 282 g/mol. The van der Waals surface area contributed by atoms with E-state index < -0.39 is 5.97 Å². The van der Waals surface area contributed by atoms with Crippen LogP contribution in [0.4, 0.5) is 5.69 Å². The Balaban J connectivity index is 2.13. The number of aromatic carboxylic acids is 1. The fourth-order valence-corrected chi connectivity index (χ4v) is 3.08. The lowest BCUT2D eigenvalue weighted by Crippen LogP contribution is -2.26. The highest BCUT2D eigenvalue weighted by atomic mass is 35.5. The van der Waals surface area contributed by atoms with E-state index in [1.807, 2.05) is 0 Å². The van der Waals surface area contributed by atoms with Gasteiger partial charge in [0.1, 0.15) is 0 Å². The van der Waals surface area contributed by atoms with E-state index in [-0.39, 0.29) is 5.56 Å². The number of nitrogens with one attached hydrogen (secondary N) is 1. The van der Waals surface area contributed by atoms with Gasteiger partial charge in [0.2, 0.25) is 0 Å². The number of halogens is 1. The molecule has 19 heavy (non-hydrogen) atoms. The van der Waals surface area contributed by atoms with Gasteiger partial charge < -0.3 is 10.4 Å². The summed E-state index contributed by atoms with van der Waals surface area (Å²) in [5.41, 5.74) is 1.24. The molecule has 0 spiro atoms. The number of rotatable bonds is 5. The Bertz CT molecular complexity index is 467. The predicted molar refractivity (Wildman–Crippen MR) is 78.1 cm³/mol. The van der Waals surface area contributed by atoms with E-state index in [1.165, 1.54) is 31.7 Å². The van der Waals surface area contributed by atoms with Crippen molar-refractivity contribution in [3.05, 3.63) is 28.8 Å². The van der Waals surface area contributed by atoms with E-state index in [2.05, 4.69) is 12.2 Å². The highest BCUT2D eigenvalue weighted by molar-refractivity contribution is 6.31. The molecule has 3 nitrogen and oxygen atoms in total. The van der Waals surface area contributed by atoms with Gasteiger partial charge in [0.25, 0.3) is 0 Å². The average Bonchev–Trinajstić information content (AvgIpc) is 2.86. The van der Waals surface area contributed by atoms with E-state index in [4.69, 9.17) is 11.6 Å². The first-order valence-corrected chi connectivity index (χ1v) is 7.21. The monoisotopic (exact) mass is 281 g/mol. The van der Waals surface area contributed by atoms with Crippen molar-refractivity contribution in [2.45, 2.75) is 39.0 Å². The molecule has 1 aromatic rings. The van der Waals surface area contributed by atoms with E-state index >= 15 is 0 Å². The summed E-state index contributed by atoms with van der Waals surface area (Å²) in [5, 5.41) is 13.0. The molecule has 1 aromatic carbocycles. The minimum atomic E-state index is -0.943. The second-order valence-electron chi connectivity index (χ2n) is 5.41. The minimum Gasteiger partial charge on any atom is -0.478 e. The molecule has 0 heterocycles. The molecule has 0 atom stereocenters. The maximum absolute atomic E-state index is 11.2. The molecule has 1 fully saturated rings. The van der Waals surface area contributed by atoms with Crippen LogP contribution in [0.5, 0.6) is 0 Å². The number of carbonyl (C=O) groups is 1. The molecule has 2 N–H and O–H groups in total. The molecule has 0 radical (unpaired) electrons.